The Balaban J connectivity index is 1.86. The molecular formula is C16H15N3O7S. The van der Waals surface area contributed by atoms with Crippen LogP contribution in [0, 0.1) is 0 Å². The first-order valence-electron chi connectivity index (χ1n) is 7.60. The number of methoxy groups -OCH3 is 1. The summed E-state index contributed by atoms with van der Waals surface area (Å²) in [4.78, 5) is 37.7. The highest BCUT2D eigenvalue weighted by atomic mass is 32.2. The second kappa shape index (κ2) is 6.76. The molecule has 0 radical (unpaired) electrons. The number of ether oxygens (including phenoxy) is 1. The van der Waals surface area contributed by atoms with Crippen LogP contribution in [0.5, 0.6) is 0 Å². The fourth-order valence-corrected chi connectivity index (χ4v) is 3.46. The Bertz CT molecular complexity index is 1030. The zero-order valence-electron chi connectivity index (χ0n) is 14.3. The molecule has 27 heavy (non-hydrogen) atoms. The van der Waals surface area contributed by atoms with Crippen molar-refractivity contribution in [3.63, 3.8) is 0 Å². The lowest BCUT2D eigenvalue weighted by atomic mass is 10.2. The number of imide groups is 1. The molecule has 1 aliphatic heterocycles. The molecule has 0 saturated carbocycles. The molecule has 0 aliphatic carbocycles. The van der Waals surface area contributed by atoms with Crippen molar-refractivity contribution >= 4 is 39.3 Å². The molecule has 3 rings (SSSR count). The van der Waals surface area contributed by atoms with E-state index in [2.05, 4.69) is 9.46 Å². The Kier molecular flexibility index (Phi) is 4.62. The lowest BCUT2D eigenvalue weighted by Gasteiger charge is -2.15. The minimum absolute atomic E-state index is 0.0528. The number of hydrogen-bond acceptors (Lipinski definition) is 7. The molecule has 10 nitrogen and oxygen atoms in total. The number of nitrogens with zero attached hydrogens (tertiary/aromatic N) is 2. The van der Waals surface area contributed by atoms with Gasteiger partial charge in [-0.3, -0.25) is 9.52 Å². The molecule has 3 amide bonds. The SMILES string of the molecule is COC(=O)c1coc(S(=O)(=O)Nc2cccc(N3C(=O)CN(C)C3=O)c2)c1. The van der Waals surface area contributed by atoms with Gasteiger partial charge in [-0.1, -0.05) is 6.07 Å². The number of benzene rings is 1. The maximum Gasteiger partial charge on any atom is 0.341 e. The average Bonchev–Trinajstić information content (AvgIpc) is 3.20. The fraction of sp³-hybridized carbons (Fsp3) is 0.188. The maximum atomic E-state index is 12.4. The summed E-state index contributed by atoms with van der Waals surface area (Å²) in [5.41, 5.74) is 0.283. The molecule has 2 heterocycles. The van der Waals surface area contributed by atoms with Gasteiger partial charge in [-0.15, -0.1) is 0 Å². The minimum atomic E-state index is -4.14. The number of esters is 1. The molecule has 1 aromatic carbocycles. The molecule has 1 aliphatic rings. The number of anilines is 2. The summed E-state index contributed by atoms with van der Waals surface area (Å²) in [6.07, 6.45) is 0.966. The van der Waals surface area contributed by atoms with Crippen molar-refractivity contribution in [2.24, 2.45) is 0 Å². The van der Waals surface area contributed by atoms with Gasteiger partial charge in [-0.05, 0) is 18.2 Å². The Morgan fingerprint density at radius 2 is 2.00 bits per heavy atom. The number of rotatable bonds is 5. The highest BCUT2D eigenvalue weighted by Gasteiger charge is 2.35. The van der Waals surface area contributed by atoms with Gasteiger partial charge in [0.25, 0.3) is 15.9 Å². The zero-order valence-corrected chi connectivity index (χ0v) is 15.1. The van der Waals surface area contributed by atoms with Gasteiger partial charge in [-0.2, -0.15) is 8.42 Å². The van der Waals surface area contributed by atoms with Crippen LogP contribution in [0.3, 0.4) is 0 Å². The van der Waals surface area contributed by atoms with Gasteiger partial charge in [-0.25, -0.2) is 14.5 Å². The molecular weight excluding hydrogens is 378 g/mol. The smallest absolute Gasteiger partial charge is 0.341 e. The molecule has 142 valence electrons. The topological polar surface area (TPSA) is 126 Å². The Labute approximate surface area is 154 Å². The maximum absolute atomic E-state index is 12.4. The van der Waals surface area contributed by atoms with Crippen molar-refractivity contribution in [3.05, 3.63) is 42.2 Å². The average molecular weight is 393 g/mol. The lowest BCUT2D eigenvalue weighted by molar-refractivity contribution is -0.116. The van der Waals surface area contributed by atoms with E-state index >= 15 is 0 Å². The third kappa shape index (κ3) is 3.49. The quantitative estimate of drug-likeness (QED) is 0.599. The van der Waals surface area contributed by atoms with E-state index in [1.807, 2.05) is 0 Å². The normalized spacial score (nSPS) is 14.6. The van der Waals surface area contributed by atoms with Crippen LogP contribution in [-0.4, -0.2) is 51.9 Å². The molecule has 0 atom stereocenters. The zero-order chi connectivity index (χ0) is 19.8. The molecule has 0 bridgehead atoms. The van der Waals surface area contributed by atoms with E-state index in [0.29, 0.717) is 0 Å². The monoisotopic (exact) mass is 393 g/mol. The van der Waals surface area contributed by atoms with Gasteiger partial charge in [0.1, 0.15) is 12.8 Å². The first kappa shape index (κ1) is 18.5. The molecule has 1 saturated heterocycles. The van der Waals surface area contributed by atoms with Gasteiger partial charge < -0.3 is 14.1 Å². The van der Waals surface area contributed by atoms with Crippen molar-refractivity contribution in [2.75, 3.05) is 30.3 Å². The fourth-order valence-electron chi connectivity index (χ4n) is 2.47. The number of carbonyl (C=O) groups is 3. The molecule has 1 aromatic heterocycles. The van der Waals surface area contributed by atoms with Gasteiger partial charge in [0.15, 0.2) is 0 Å². The van der Waals surface area contributed by atoms with Crippen molar-refractivity contribution in [2.45, 2.75) is 5.09 Å². The molecule has 0 unspecified atom stereocenters. The first-order chi connectivity index (χ1) is 12.7. The number of nitrogens with one attached hydrogen (secondary N) is 1. The van der Waals surface area contributed by atoms with Crippen molar-refractivity contribution in [1.29, 1.82) is 0 Å². The predicted molar refractivity (Wildman–Crippen MR) is 92.8 cm³/mol. The van der Waals surface area contributed by atoms with E-state index in [9.17, 15) is 22.8 Å². The molecule has 2 aromatic rings. The van der Waals surface area contributed by atoms with E-state index in [4.69, 9.17) is 4.42 Å². The van der Waals surface area contributed by atoms with E-state index in [1.165, 1.54) is 36.2 Å². The van der Waals surface area contributed by atoms with Crippen LogP contribution in [0.15, 0.2) is 46.1 Å². The number of carbonyl (C=O) groups excluding carboxylic acids is 3. The van der Waals surface area contributed by atoms with Crippen molar-refractivity contribution in [3.8, 4) is 0 Å². The number of urea groups is 1. The van der Waals surface area contributed by atoms with Gasteiger partial charge in [0, 0.05) is 13.1 Å². The Morgan fingerprint density at radius 3 is 2.63 bits per heavy atom. The predicted octanol–water partition coefficient (Wildman–Crippen LogP) is 1.27. The first-order valence-corrected chi connectivity index (χ1v) is 9.09. The second-order valence-electron chi connectivity index (χ2n) is 5.67. The van der Waals surface area contributed by atoms with Crippen LogP contribution >= 0.6 is 0 Å². The number of likely N-dealkylation sites (N-methyl/N-ethyl adjacent to an activating group) is 1. The number of furan rings is 1. The van der Waals surface area contributed by atoms with Crippen LogP contribution < -0.4 is 9.62 Å². The minimum Gasteiger partial charge on any atom is -0.465 e. The Morgan fingerprint density at radius 1 is 1.26 bits per heavy atom. The number of sulfonamides is 1. The van der Waals surface area contributed by atoms with Crippen molar-refractivity contribution < 1.29 is 32.0 Å². The largest absolute Gasteiger partial charge is 0.465 e. The number of hydrogen-bond donors (Lipinski definition) is 1. The third-order valence-electron chi connectivity index (χ3n) is 3.76. The summed E-state index contributed by atoms with van der Waals surface area (Å²) in [6.45, 7) is -0.0580. The standard InChI is InChI=1S/C16H15N3O7S/c1-18-8-13(20)19(16(18)22)12-5-3-4-11(7-12)17-27(23,24)14-6-10(9-26-14)15(21)25-2/h3-7,9,17H,8H2,1-2H3. The van der Waals surface area contributed by atoms with E-state index in [1.54, 1.807) is 0 Å². The summed E-state index contributed by atoms with van der Waals surface area (Å²) in [7, 11) is -1.49. The molecule has 11 heteroatoms. The van der Waals surface area contributed by atoms with Gasteiger partial charge in [0.05, 0.1) is 24.0 Å². The van der Waals surface area contributed by atoms with E-state index < -0.39 is 33.0 Å². The molecule has 1 fully saturated rings. The summed E-state index contributed by atoms with van der Waals surface area (Å²) in [6, 6.07) is 6.31. The van der Waals surface area contributed by atoms with Crippen molar-refractivity contribution in [1.82, 2.24) is 4.90 Å². The van der Waals surface area contributed by atoms with Gasteiger partial charge >= 0.3 is 12.0 Å². The summed E-state index contributed by atoms with van der Waals surface area (Å²) >= 11 is 0. The van der Waals surface area contributed by atoms with Crippen LogP contribution in [0.1, 0.15) is 10.4 Å². The van der Waals surface area contributed by atoms with E-state index in [-0.39, 0.29) is 23.5 Å². The summed E-state index contributed by atoms with van der Waals surface area (Å²) < 4.78 is 36.5. The Hall–Kier alpha value is -3.34. The highest BCUT2D eigenvalue weighted by Crippen LogP contribution is 2.26. The van der Waals surface area contributed by atoms with Crippen LogP contribution in [0.25, 0.3) is 0 Å². The summed E-state index contributed by atoms with van der Waals surface area (Å²) in [5, 5.41) is -0.485. The summed E-state index contributed by atoms with van der Waals surface area (Å²) in [5.74, 6) is -1.16. The highest BCUT2D eigenvalue weighted by molar-refractivity contribution is 7.92. The van der Waals surface area contributed by atoms with E-state index in [0.717, 1.165) is 24.3 Å². The van der Waals surface area contributed by atoms with Crippen LogP contribution in [0.2, 0.25) is 0 Å². The lowest BCUT2D eigenvalue weighted by Crippen LogP contribution is -2.31. The third-order valence-corrected chi connectivity index (χ3v) is 5.01. The van der Waals surface area contributed by atoms with Crippen LogP contribution in [0.4, 0.5) is 16.2 Å². The molecule has 1 N–H and O–H groups in total. The molecule has 0 spiro atoms. The number of amides is 3. The van der Waals surface area contributed by atoms with Gasteiger partial charge in [0.2, 0.25) is 5.09 Å². The second-order valence-corrected chi connectivity index (χ2v) is 7.28. The van der Waals surface area contributed by atoms with Crippen LogP contribution in [-0.2, 0) is 19.6 Å².